The Morgan fingerprint density at radius 2 is 1.75 bits per heavy atom. The summed E-state index contributed by atoms with van der Waals surface area (Å²) in [5.74, 6) is 1.77. The summed E-state index contributed by atoms with van der Waals surface area (Å²) in [5.41, 5.74) is 8.39. The Hall–Kier alpha value is -1.80. The molecule has 0 aliphatic rings. The molecule has 0 radical (unpaired) electrons. The summed E-state index contributed by atoms with van der Waals surface area (Å²) in [6.07, 6.45) is 3.10. The first-order chi connectivity index (χ1) is 9.69. The van der Waals surface area contributed by atoms with Crippen molar-refractivity contribution in [3.63, 3.8) is 0 Å². The third kappa shape index (κ3) is 4.10. The molecular weight excluding hydrogens is 246 g/mol. The predicted molar refractivity (Wildman–Crippen MR) is 84.3 cm³/mol. The van der Waals surface area contributed by atoms with Gasteiger partial charge in [-0.05, 0) is 49.1 Å². The molecule has 2 aromatic carbocycles. The van der Waals surface area contributed by atoms with Gasteiger partial charge in [-0.1, -0.05) is 43.7 Å². The fourth-order valence-corrected chi connectivity index (χ4v) is 2.26. The predicted octanol–water partition coefficient (Wildman–Crippen LogP) is 4.32. The van der Waals surface area contributed by atoms with Crippen molar-refractivity contribution < 1.29 is 4.74 Å². The lowest BCUT2D eigenvalue weighted by molar-refractivity contribution is 0.473. The van der Waals surface area contributed by atoms with E-state index in [1.54, 1.807) is 0 Å². The summed E-state index contributed by atoms with van der Waals surface area (Å²) >= 11 is 0. The minimum atomic E-state index is 0.131. The first-order valence-electron chi connectivity index (χ1n) is 7.29. The first kappa shape index (κ1) is 14.6. The zero-order valence-electron chi connectivity index (χ0n) is 12.3. The zero-order chi connectivity index (χ0) is 14.4. The molecule has 2 nitrogen and oxygen atoms in total. The Kier molecular flexibility index (Phi) is 5.19. The minimum absolute atomic E-state index is 0.131. The number of rotatable bonds is 6. The quantitative estimate of drug-likeness (QED) is 0.847. The van der Waals surface area contributed by atoms with E-state index >= 15 is 0 Å². The van der Waals surface area contributed by atoms with Crippen LogP contribution in [0.15, 0.2) is 48.5 Å². The minimum Gasteiger partial charge on any atom is -0.457 e. The van der Waals surface area contributed by atoms with E-state index in [-0.39, 0.29) is 6.04 Å². The summed E-state index contributed by atoms with van der Waals surface area (Å²) in [6, 6.07) is 16.6. The average molecular weight is 269 g/mol. The molecule has 20 heavy (non-hydrogen) atoms. The molecule has 1 atom stereocenters. The lowest BCUT2D eigenvalue weighted by Gasteiger charge is -2.13. The Labute approximate surface area is 121 Å². The lowest BCUT2D eigenvalue weighted by atomic mass is 10.1. The third-order valence-electron chi connectivity index (χ3n) is 3.20. The summed E-state index contributed by atoms with van der Waals surface area (Å²) in [6.45, 7) is 4.20. The number of hydrogen-bond donors (Lipinski definition) is 1. The number of ether oxygens (including phenoxy) is 1. The lowest BCUT2D eigenvalue weighted by Crippen LogP contribution is -2.18. The smallest absolute Gasteiger partial charge is 0.130 e. The summed E-state index contributed by atoms with van der Waals surface area (Å²) in [4.78, 5) is 0. The number of para-hydroxylation sites is 1. The van der Waals surface area contributed by atoms with E-state index in [0.29, 0.717) is 0 Å². The van der Waals surface area contributed by atoms with Crippen LogP contribution in [0.25, 0.3) is 0 Å². The van der Waals surface area contributed by atoms with Gasteiger partial charge in [-0.2, -0.15) is 0 Å². The summed E-state index contributed by atoms with van der Waals surface area (Å²) in [5, 5.41) is 0. The highest BCUT2D eigenvalue weighted by atomic mass is 16.5. The molecule has 0 spiro atoms. The Morgan fingerprint density at radius 3 is 2.40 bits per heavy atom. The van der Waals surface area contributed by atoms with E-state index in [9.17, 15) is 0 Å². The van der Waals surface area contributed by atoms with E-state index in [1.165, 1.54) is 5.56 Å². The van der Waals surface area contributed by atoms with Crippen molar-refractivity contribution in [1.29, 1.82) is 0 Å². The van der Waals surface area contributed by atoms with Crippen LogP contribution in [0.3, 0.4) is 0 Å². The largest absolute Gasteiger partial charge is 0.457 e. The van der Waals surface area contributed by atoms with Crippen molar-refractivity contribution in [2.24, 2.45) is 5.73 Å². The number of hydrogen-bond acceptors (Lipinski definition) is 2. The Morgan fingerprint density at radius 1 is 1.05 bits per heavy atom. The standard InChI is InChI=1S/C18H23NO/c1-3-6-15-9-11-17(12-10-15)20-18-8-5-4-7-16(18)13-14(2)19/h4-5,7-12,14H,3,6,13,19H2,1-2H3. The number of aryl methyl sites for hydroxylation is 1. The molecule has 2 heteroatoms. The van der Waals surface area contributed by atoms with Gasteiger partial charge in [-0.25, -0.2) is 0 Å². The molecule has 0 saturated heterocycles. The van der Waals surface area contributed by atoms with Gasteiger partial charge in [0.25, 0.3) is 0 Å². The van der Waals surface area contributed by atoms with Crippen LogP contribution < -0.4 is 10.5 Å². The molecule has 0 saturated carbocycles. The maximum absolute atomic E-state index is 5.99. The van der Waals surface area contributed by atoms with Crippen molar-refractivity contribution in [2.45, 2.75) is 39.2 Å². The maximum Gasteiger partial charge on any atom is 0.130 e. The SMILES string of the molecule is CCCc1ccc(Oc2ccccc2CC(C)N)cc1. The second kappa shape index (κ2) is 7.11. The number of benzene rings is 2. The maximum atomic E-state index is 5.99. The van der Waals surface area contributed by atoms with E-state index in [1.807, 2.05) is 37.3 Å². The van der Waals surface area contributed by atoms with Gasteiger partial charge in [0.2, 0.25) is 0 Å². The van der Waals surface area contributed by atoms with Gasteiger partial charge in [-0.15, -0.1) is 0 Å². The van der Waals surface area contributed by atoms with Crippen molar-refractivity contribution in [1.82, 2.24) is 0 Å². The van der Waals surface area contributed by atoms with Crippen molar-refractivity contribution in [3.05, 3.63) is 59.7 Å². The molecule has 106 valence electrons. The van der Waals surface area contributed by atoms with Gasteiger partial charge in [0.05, 0.1) is 0 Å². The zero-order valence-corrected chi connectivity index (χ0v) is 12.3. The monoisotopic (exact) mass is 269 g/mol. The Bertz CT molecular complexity index is 531. The molecule has 0 aromatic heterocycles. The van der Waals surface area contributed by atoms with Crippen LogP contribution in [0.2, 0.25) is 0 Å². The van der Waals surface area contributed by atoms with Gasteiger partial charge in [-0.3, -0.25) is 0 Å². The van der Waals surface area contributed by atoms with Crippen LogP contribution in [-0.4, -0.2) is 6.04 Å². The van der Waals surface area contributed by atoms with Gasteiger partial charge >= 0.3 is 0 Å². The van der Waals surface area contributed by atoms with E-state index < -0.39 is 0 Å². The fraction of sp³-hybridized carbons (Fsp3) is 0.333. The van der Waals surface area contributed by atoms with Gasteiger partial charge in [0.1, 0.15) is 11.5 Å². The molecule has 0 aliphatic carbocycles. The van der Waals surface area contributed by atoms with E-state index in [0.717, 1.165) is 36.3 Å². The third-order valence-corrected chi connectivity index (χ3v) is 3.20. The molecule has 2 N–H and O–H groups in total. The Balaban J connectivity index is 2.13. The van der Waals surface area contributed by atoms with Crippen molar-refractivity contribution in [3.8, 4) is 11.5 Å². The summed E-state index contributed by atoms with van der Waals surface area (Å²) in [7, 11) is 0. The molecule has 0 bridgehead atoms. The fourth-order valence-electron chi connectivity index (χ4n) is 2.26. The molecule has 2 aromatic rings. The van der Waals surface area contributed by atoms with Crippen LogP contribution >= 0.6 is 0 Å². The summed E-state index contributed by atoms with van der Waals surface area (Å²) < 4.78 is 5.99. The van der Waals surface area contributed by atoms with Gasteiger partial charge in [0.15, 0.2) is 0 Å². The highest BCUT2D eigenvalue weighted by molar-refractivity contribution is 5.39. The van der Waals surface area contributed by atoms with Crippen LogP contribution in [0, 0.1) is 0 Å². The highest BCUT2D eigenvalue weighted by Crippen LogP contribution is 2.26. The van der Waals surface area contributed by atoms with E-state index in [4.69, 9.17) is 10.5 Å². The number of nitrogens with two attached hydrogens (primary N) is 1. The van der Waals surface area contributed by atoms with Gasteiger partial charge < -0.3 is 10.5 Å². The second-order valence-electron chi connectivity index (χ2n) is 5.29. The highest BCUT2D eigenvalue weighted by Gasteiger charge is 2.06. The van der Waals surface area contributed by atoms with Crippen LogP contribution in [0.1, 0.15) is 31.4 Å². The van der Waals surface area contributed by atoms with Crippen LogP contribution in [-0.2, 0) is 12.8 Å². The average Bonchev–Trinajstić information content (AvgIpc) is 2.43. The molecular formula is C18H23NO. The van der Waals surface area contributed by atoms with Crippen LogP contribution in [0.4, 0.5) is 0 Å². The molecule has 2 rings (SSSR count). The van der Waals surface area contributed by atoms with Gasteiger partial charge in [0, 0.05) is 6.04 Å². The molecule has 0 fully saturated rings. The van der Waals surface area contributed by atoms with Crippen LogP contribution in [0.5, 0.6) is 11.5 Å². The topological polar surface area (TPSA) is 35.2 Å². The molecule has 1 unspecified atom stereocenters. The normalized spacial score (nSPS) is 12.2. The van der Waals surface area contributed by atoms with Crippen molar-refractivity contribution >= 4 is 0 Å². The molecule has 0 aliphatic heterocycles. The molecule has 0 heterocycles. The van der Waals surface area contributed by atoms with Crippen molar-refractivity contribution in [2.75, 3.05) is 0 Å². The first-order valence-corrected chi connectivity index (χ1v) is 7.29. The van der Waals surface area contributed by atoms with E-state index in [2.05, 4.69) is 25.1 Å². The molecule has 0 amide bonds. The second-order valence-corrected chi connectivity index (χ2v) is 5.29.